The zero-order valence-electron chi connectivity index (χ0n) is 15.4. The summed E-state index contributed by atoms with van der Waals surface area (Å²) >= 11 is 0. The number of aromatic nitrogens is 3. The number of amides is 1. The topological polar surface area (TPSA) is 82.7 Å². The zero-order valence-corrected chi connectivity index (χ0v) is 15.4. The van der Waals surface area contributed by atoms with Gasteiger partial charge < -0.3 is 15.6 Å². The molecule has 0 aliphatic rings. The molecular formula is C19H18F3N5O. The van der Waals surface area contributed by atoms with Crippen molar-refractivity contribution in [2.45, 2.75) is 13.1 Å². The predicted molar refractivity (Wildman–Crippen MR) is 99.9 cm³/mol. The molecule has 2 heterocycles. The highest BCUT2D eigenvalue weighted by Gasteiger charge is 2.31. The summed E-state index contributed by atoms with van der Waals surface area (Å²) < 4.78 is 39.5. The Kier molecular flexibility index (Phi) is 5.08. The first-order valence-corrected chi connectivity index (χ1v) is 8.38. The Morgan fingerprint density at radius 1 is 1.07 bits per heavy atom. The molecule has 0 saturated heterocycles. The van der Waals surface area contributed by atoms with Gasteiger partial charge in [0.1, 0.15) is 17.8 Å². The average molecular weight is 389 g/mol. The lowest BCUT2D eigenvalue weighted by Gasteiger charge is -2.12. The summed E-state index contributed by atoms with van der Waals surface area (Å²) in [5.74, 6) is 0.124. The van der Waals surface area contributed by atoms with E-state index in [4.69, 9.17) is 0 Å². The molecule has 28 heavy (non-hydrogen) atoms. The number of nitrogens with one attached hydrogen (secondary N) is 3. The van der Waals surface area contributed by atoms with Crippen molar-refractivity contribution in [2.75, 3.05) is 19.4 Å². The van der Waals surface area contributed by atoms with E-state index in [0.29, 0.717) is 33.9 Å². The summed E-state index contributed by atoms with van der Waals surface area (Å²) in [6.45, 7) is 1.69. The van der Waals surface area contributed by atoms with Gasteiger partial charge in [-0.1, -0.05) is 6.07 Å². The lowest BCUT2D eigenvalue weighted by Crippen LogP contribution is -2.19. The maximum absolute atomic E-state index is 13.2. The standard InChI is InChI=1S/C19H18F3N5O/c1-10-4-5-11(19(20,21)22)6-12(10)13-7-15(27-17(13)18(28)24-3)14-8-16(23-2)26-9-25-14/h4-9,27H,1-3H3,(H,24,28)(H,23,25,26). The number of H-pyrrole nitrogens is 1. The van der Waals surface area contributed by atoms with Gasteiger partial charge in [0.15, 0.2) is 0 Å². The fourth-order valence-electron chi connectivity index (χ4n) is 2.84. The molecule has 2 aromatic heterocycles. The number of aromatic amines is 1. The van der Waals surface area contributed by atoms with Crippen molar-refractivity contribution in [3.05, 3.63) is 53.5 Å². The van der Waals surface area contributed by atoms with Gasteiger partial charge in [-0.05, 0) is 36.2 Å². The van der Waals surface area contributed by atoms with Gasteiger partial charge in [-0.3, -0.25) is 4.79 Å². The van der Waals surface area contributed by atoms with E-state index in [2.05, 4.69) is 25.6 Å². The molecule has 0 aliphatic carbocycles. The number of aryl methyl sites for hydroxylation is 1. The number of carbonyl (C=O) groups excluding carboxylic acids is 1. The van der Waals surface area contributed by atoms with Crippen molar-refractivity contribution in [1.29, 1.82) is 0 Å². The monoisotopic (exact) mass is 389 g/mol. The van der Waals surface area contributed by atoms with E-state index in [-0.39, 0.29) is 5.69 Å². The second-order valence-corrected chi connectivity index (χ2v) is 6.12. The van der Waals surface area contributed by atoms with Crippen LogP contribution in [0.3, 0.4) is 0 Å². The fourth-order valence-corrected chi connectivity index (χ4v) is 2.84. The molecular weight excluding hydrogens is 371 g/mol. The van der Waals surface area contributed by atoms with Gasteiger partial charge in [0.05, 0.1) is 17.0 Å². The van der Waals surface area contributed by atoms with Crippen LogP contribution in [0, 0.1) is 6.92 Å². The van der Waals surface area contributed by atoms with Crippen LogP contribution in [-0.2, 0) is 6.18 Å². The molecule has 0 bridgehead atoms. The molecule has 0 spiro atoms. The molecule has 9 heteroatoms. The van der Waals surface area contributed by atoms with E-state index in [1.54, 1.807) is 26.1 Å². The Balaban J connectivity index is 2.20. The van der Waals surface area contributed by atoms with Crippen molar-refractivity contribution in [2.24, 2.45) is 0 Å². The van der Waals surface area contributed by atoms with Gasteiger partial charge in [0.2, 0.25) is 0 Å². The summed E-state index contributed by atoms with van der Waals surface area (Å²) in [7, 11) is 3.16. The van der Waals surface area contributed by atoms with E-state index < -0.39 is 17.6 Å². The highest BCUT2D eigenvalue weighted by atomic mass is 19.4. The molecule has 3 N–H and O–H groups in total. The summed E-state index contributed by atoms with van der Waals surface area (Å²) in [6, 6.07) is 6.75. The Labute approximate surface area is 159 Å². The minimum absolute atomic E-state index is 0.157. The smallest absolute Gasteiger partial charge is 0.373 e. The van der Waals surface area contributed by atoms with E-state index in [1.165, 1.54) is 19.4 Å². The van der Waals surface area contributed by atoms with Crippen LogP contribution in [0.4, 0.5) is 19.0 Å². The summed E-state index contributed by atoms with van der Waals surface area (Å²) in [5.41, 5.74) is 1.66. The Bertz CT molecular complexity index is 1030. The lowest BCUT2D eigenvalue weighted by molar-refractivity contribution is -0.137. The van der Waals surface area contributed by atoms with E-state index in [9.17, 15) is 18.0 Å². The number of alkyl halides is 3. The number of carbonyl (C=O) groups is 1. The van der Waals surface area contributed by atoms with Crippen LogP contribution in [0.2, 0.25) is 0 Å². The average Bonchev–Trinajstić information content (AvgIpc) is 3.12. The molecule has 0 fully saturated rings. The largest absolute Gasteiger partial charge is 0.416 e. The predicted octanol–water partition coefficient (Wildman–Crippen LogP) is 3.87. The molecule has 1 amide bonds. The van der Waals surface area contributed by atoms with Crippen LogP contribution in [-0.4, -0.2) is 35.0 Å². The highest BCUT2D eigenvalue weighted by Crippen LogP contribution is 2.36. The molecule has 0 unspecified atom stereocenters. The minimum Gasteiger partial charge on any atom is -0.373 e. The first-order valence-electron chi connectivity index (χ1n) is 8.38. The molecule has 146 valence electrons. The summed E-state index contributed by atoms with van der Waals surface area (Å²) in [5, 5.41) is 5.39. The maximum atomic E-state index is 13.2. The molecule has 0 atom stereocenters. The second-order valence-electron chi connectivity index (χ2n) is 6.12. The third-order valence-electron chi connectivity index (χ3n) is 4.33. The maximum Gasteiger partial charge on any atom is 0.416 e. The van der Waals surface area contributed by atoms with Gasteiger partial charge in [-0.25, -0.2) is 9.97 Å². The van der Waals surface area contributed by atoms with Crippen LogP contribution in [0.25, 0.3) is 22.5 Å². The number of hydrogen-bond donors (Lipinski definition) is 3. The van der Waals surface area contributed by atoms with E-state index in [1.807, 2.05) is 0 Å². The van der Waals surface area contributed by atoms with Crippen LogP contribution < -0.4 is 10.6 Å². The minimum atomic E-state index is -4.48. The van der Waals surface area contributed by atoms with Crippen LogP contribution >= 0.6 is 0 Å². The van der Waals surface area contributed by atoms with Crippen molar-refractivity contribution in [3.63, 3.8) is 0 Å². The lowest BCUT2D eigenvalue weighted by atomic mass is 9.97. The normalized spacial score (nSPS) is 11.4. The molecule has 3 aromatic rings. The number of anilines is 1. The van der Waals surface area contributed by atoms with Crippen LogP contribution in [0.1, 0.15) is 21.6 Å². The van der Waals surface area contributed by atoms with Gasteiger partial charge >= 0.3 is 6.18 Å². The molecule has 1 aromatic carbocycles. The quantitative estimate of drug-likeness (QED) is 0.633. The number of halogens is 3. The van der Waals surface area contributed by atoms with E-state index >= 15 is 0 Å². The Morgan fingerprint density at radius 3 is 2.46 bits per heavy atom. The van der Waals surface area contributed by atoms with Crippen molar-refractivity contribution >= 4 is 11.7 Å². The highest BCUT2D eigenvalue weighted by molar-refractivity contribution is 6.01. The number of hydrogen-bond acceptors (Lipinski definition) is 4. The third-order valence-corrected chi connectivity index (χ3v) is 4.33. The van der Waals surface area contributed by atoms with Gasteiger partial charge in [-0.2, -0.15) is 13.2 Å². The Hall–Kier alpha value is -3.36. The van der Waals surface area contributed by atoms with Crippen LogP contribution in [0.15, 0.2) is 36.7 Å². The molecule has 0 saturated carbocycles. The second kappa shape index (κ2) is 7.34. The molecule has 0 aliphatic heterocycles. The van der Waals surface area contributed by atoms with Crippen molar-refractivity contribution in [1.82, 2.24) is 20.3 Å². The number of rotatable bonds is 4. The van der Waals surface area contributed by atoms with Gasteiger partial charge in [-0.15, -0.1) is 0 Å². The summed E-state index contributed by atoms with van der Waals surface area (Å²) in [6.07, 6.45) is -3.13. The number of benzene rings is 1. The molecule has 6 nitrogen and oxygen atoms in total. The molecule has 0 radical (unpaired) electrons. The van der Waals surface area contributed by atoms with Crippen LogP contribution in [0.5, 0.6) is 0 Å². The first kappa shape index (κ1) is 19.4. The fraction of sp³-hybridized carbons (Fsp3) is 0.211. The van der Waals surface area contributed by atoms with Gasteiger partial charge in [0, 0.05) is 25.7 Å². The zero-order chi connectivity index (χ0) is 20.5. The molecule has 3 rings (SSSR count). The van der Waals surface area contributed by atoms with Gasteiger partial charge in [0.25, 0.3) is 5.91 Å². The van der Waals surface area contributed by atoms with E-state index in [0.717, 1.165) is 12.1 Å². The third kappa shape index (κ3) is 3.68. The SMILES string of the molecule is CNC(=O)c1[nH]c(-c2cc(NC)ncn2)cc1-c1cc(C(F)(F)F)ccc1C. The van der Waals surface area contributed by atoms with Crippen molar-refractivity contribution < 1.29 is 18.0 Å². The Morgan fingerprint density at radius 2 is 1.82 bits per heavy atom. The summed E-state index contributed by atoms with van der Waals surface area (Å²) in [4.78, 5) is 23.5. The van der Waals surface area contributed by atoms with Crippen molar-refractivity contribution in [3.8, 4) is 22.5 Å². The first-order chi connectivity index (χ1) is 13.2. The number of nitrogens with zero attached hydrogens (tertiary/aromatic N) is 2.